The SMILES string of the molecule is COc1ccc(CN[C@H](Cc2ccccc2)c2ccccc2)c(OC)c1C. The van der Waals surface area contributed by atoms with E-state index >= 15 is 0 Å². The zero-order valence-electron chi connectivity index (χ0n) is 16.2. The van der Waals surface area contributed by atoms with Crippen LogP contribution in [0, 0.1) is 6.92 Å². The van der Waals surface area contributed by atoms with Crippen molar-refractivity contribution >= 4 is 0 Å². The van der Waals surface area contributed by atoms with Crippen LogP contribution in [0.1, 0.15) is 28.3 Å². The van der Waals surface area contributed by atoms with E-state index in [-0.39, 0.29) is 6.04 Å². The third kappa shape index (κ3) is 4.69. The van der Waals surface area contributed by atoms with Gasteiger partial charge in [0.1, 0.15) is 11.5 Å². The maximum absolute atomic E-state index is 5.65. The summed E-state index contributed by atoms with van der Waals surface area (Å²) >= 11 is 0. The van der Waals surface area contributed by atoms with Crippen LogP contribution in [0.25, 0.3) is 0 Å². The van der Waals surface area contributed by atoms with E-state index < -0.39 is 0 Å². The lowest BCUT2D eigenvalue weighted by atomic mass is 9.98. The molecule has 3 nitrogen and oxygen atoms in total. The molecule has 1 N–H and O–H groups in total. The molecular formula is C24H27NO2. The van der Waals surface area contributed by atoms with Crippen LogP contribution < -0.4 is 14.8 Å². The van der Waals surface area contributed by atoms with E-state index in [1.807, 2.05) is 13.0 Å². The van der Waals surface area contributed by atoms with Gasteiger partial charge in [-0.1, -0.05) is 66.7 Å². The molecule has 1 atom stereocenters. The maximum Gasteiger partial charge on any atom is 0.129 e. The van der Waals surface area contributed by atoms with Crippen molar-refractivity contribution in [3.8, 4) is 11.5 Å². The van der Waals surface area contributed by atoms with Crippen molar-refractivity contribution in [1.82, 2.24) is 5.32 Å². The fourth-order valence-corrected chi connectivity index (χ4v) is 3.45. The fourth-order valence-electron chi connectivity index (χ4n) is 3.45. The van der Waals surface area contributed by atoms with Gasteiger partial charge in [-0.05, 0) is 30.5 Å². The Morgan fingerprint density at radius 3 is 2.11 bits per heavy atom. The zero-order valence-corrected chi connectivity index (χ0v) is 16.2. The molecule has 0 radical (unpaired) electrons. The van der Waals surface area contributed by atoms with Gasteiger partial charge < -0.3 is 14.8 Å². The molecule has 0 amide bonds. The number of hydrogen-bond acceptors (Lipinski definition) is 3. The predicted molar refractivity (Wildman–Crippen MR) is 110 cm³/mol. The Bertz CT molecular complexity index is 847. The van der Waals surface area contributed by atoms with Crippen LogP contribution in [0.5, 0.6) is 11.5 Å². The van der Waals surface area contributed by atoms with Gasteiger partial charge in [0.25, 0.3) is 0 Å². The third-order valence-corrected chi connectivity index (χ3v) is 4.89. The number of benzene rings is 3. The van der Waals surface area contributed by atoms with E-state index in [9.17, 15) is 0 Å². The third-order valence-electron chi connectivity index (χ3n) is 4.89. The van der Waals surface area contributed by atoms with Gasteiger partial charge in [-0.25, -0.2) is 0 Å². The molecule has 3 heteroatoms. The molecule has 0 spiro atoms. The van der Waals surface area contributed by atoms with Crippen LogP contribution in [-0.2, 0) is 13.0 Å². The Morgan fingerprint density at radius 1 is 0.815 bits per heavy atom. The van der Waals surface area contributed by atoms with Crippen LogP contribution in [0.2, 0.25) is 0 Å². The van der Waals surface area contributed by atoms with Gasteiger partial charge >= 0.3 is 0 Å². The van der Waals surface area contributed by atoms with Gasteiger partial charge in [-0.3, -0.25) is 0 Å². The summed E-state index contributed by atoms with van der Waals surface area (Å²) in [5.74, 6) is 1.73. The van der Waals surface area contributed by atoms with Gasteiger partial charge in [0.2, 0.25) is 0 Å². The van der Waals surface area contributed by atoms with Crippen LogP contribution >= 0.6 is 0 Å². The number of nitrogens with one attached hydrogen (secondary N) is 1. The average Bonchev–Trinajstić information content (AvgIpc) is 2.72. The second-order valence-electron chi connectivity index (χ2n) is 6.62. The lowest BCUT2D eigenvalue weighted by molar-refractivity contribution is 0.383. The minimum absolute atomic E-state index is 0.223. The molecule has 0 fully saturated rings. The molecule has 0 bridgehead atoms. The lowest BCUT2D eigenvalue weighted by Crippen LogP contribution is -2.23. The van der Waals surface area contributed by atoms with Gasteiger partial charge in [-0.15, -0.1) is 0 Å². The Kier molecular flexibility index (Phi) is 6.50. The van der Waals surface area contributed by atoms with Crippen molar-refractivity contribution in [3.05, 3.63) is 95.1 Å². The molecule has 0 unspecified atom stereocenters. The second kappa shape index (κ2) is 9.24. The Hall–Kier alpha value is -2.78. The molecule has 0 saturated heterocycles. The topological polar surface area (TPSA) is 30.5 Å². The fraction of sp³-hybridized carbons (Fsp3) is 0.250. The first-order chi connectivity index (χ1) is 13.2. The number of methoxy groups -OCH3 is 2. The summed E-state index contributed by atoms with van der Waals surface area (Å²) in [5.41, 5.74) is 4.76. The van der Waals surface area contributed by atoms with E-state index in [0.717, 1.165) is 35.6 Å². The standard InChI is InChI=1S/C24H27NO2/c1-18-23(26-2)15-14-21(24(18)27-3)17-25-22(20-12-8-5-9-13-20)16-19-10-6-4-7-11-19/h4-15,22,25H,16-17H2,1-3H3/t22-/m1/s1. The highest BCUT2D eigenvalue weighted by atomic mass is 16.5. The highest BCUT2D eigenvalue weighted by molar-refractivity contribution is 5.49. The average molecular weight is 361 g/mol. The lowest BCUT2D eigenvalue weighted by Gasteiger charge is -2.21. The molecule has 140 valence electrons. The molecule has 0 aliphatic rings. The van der Waals surface area contributed by atoms with Gasteiger partial charge in [0.15, 0.2) is 0 Å². The van der Waals surface area contributed by atoms with E-state index in [4.69, 9.17) is 9.47 Å². The molecule has 3 rings (SSSR count). The van der Waals surface area contributed by atoms with Gasteiger partial charge in [0.05, 0.1) is 14.2 Å². The predicted octanol–water partition coefficient (Wildman–Crippen LogP) is 5.09. The van der Waals surface area contributed by atoms with E-state index in [1.54, 1.807) is 14.2 Å². The quantitative estimate of drug-likeness (QED) is 0.606. The van der Waals surface area contributed by atoms with Crippen molar-refractivity contribution in [2.24, 2.45) is 0 Å². The monoisotopic (exact) mass is 361 g/mol. The van der Waals surface area contributed by atoms with E-state index in [1.165, 1.54) is 11.1 Å². The van der Waals surface area contributed by atoms with E-state index in [0.29, 0.717) is 0 Å². The first-order valence-corrected chi connectivity index (χ1v) is 9.25. The summed E-state index contributed by atoms with van der Waals surface area (Å²) in [6.07, 6.45) is 0.933. The Morgan fingerprint density at radius 2 is 1.48 bits per heavy atom. The maximum atomic E-state index is 5.65. The normalized spacial score (nSPS) is 11.8. The largest absolute Gasteiger partial charge is 0.496 e. The first-order valence-electron chi connectivity index (χ1n) is 9.25. The summed E-state index contributed by atoms with van der Waals surface area (Å²) < 4.78 is 11.1. The van der Waals surface area contributed by atoms with Crippen LogP contribution in [0.15, 0.2) is 72.8 Å². The molecule has 0 heterocycles. The zero-order chi connectivity index (χ0) is 19.1. The van der Waals surface area contributed by atoms with Crippen molar-refractivity contribution in [3.63, 3.8) is 0 Å². The Balaban J connectivity index is 1.82. The van der Waals surface area contributed by atoms with Crippen molar-refractivity contribution in [2.45, 2.75) is 25.9 Å². The number of ether oxygens (including phenoxy) is 2. The number of hydrogen-bond donors (Lipinski definition) is 1. The highest BCUT2D eigenvalue weighted by Gasteiger charge is 2.15. The van der Waals surface area contributed by atoms with Crippen LogP contribution in [-0.4, -0.2) is 14.2 Å². The molecule has 0 aliphatic heterocycles. The van der Waals surface area contributed by atoms with Gasteiger partial charge in [0, 0.05) is 23.7 Å². The smallest absolute Gasteiger partial charge is 0.129 e. The summed E-state index contributed by atoms with van der Waals surface area (Å²) in [6, 6.07) is 25.5. The molecule has 27 heavy (non-hydrogen) atoms. The van der Waals surface area contributed by atoms with E-state index in [2.05, 4.69) is 72.0 Å². The molecule has 3 aromatic carbocycles. The van der Waals surface area contributed by atoms with Gasteiger partial charge in [-0.2, -0.15) is 0 Å². The van der Waals surface area contributed by atoms with Crippen LogP contribution in [0.3, 0.4) is 0 Å². The Labute approximate surface area is 162 Å². The molecule has 0 aromatic heterocycles. The minimum atomic E-state index is 0.223. The van der Waals surface area contributed by atoms with Crippen molar-refractivity contribution in [2.75, 3.05) is 14.2 Å². The van der Waals surface area contributed by atoms with Crippen molar-refractivity contribution in [1.29, 1.82) is 0 Å². The molecule has 3 aromatic rings. The summed E-state index contributed by atoms with van der Waals surface area (Å²) in [4.78, 5) is 0. The number of rotatable bonds is 8. The summed E-state index contributed by atoms with van der Waals surface area (Å²) in [5, 5.41) is 3.72. The first kappa shape index (κ1) is 19.0. The van der Waals surface area contributed by atoms with Crippen LogP contribution in [0.4, 0.5) is 0 Å². The second-order valence-corrected chi connectivity index (χ2v) is 6.62. The highest BCUT2D eigenvalue weighted by Crippen LogP contribution is 2.31. The molecule has 0 aliphatic carbocycles. The molecular weight excluding hydrogens is 334 g/mol. The summed E-state index contributed by atoms with van der Waals surface area (Å²) in [6.45, 7) is 2.75. The minimum Gasteiger partial charge on any atom is -0.496 e. The van der Waals surface area contributed by atoms with Crippen molar-refractivity contribution < 1.29 is 9.47 Å². The summed E-state index contributed by atoms with van der Waals surface area (Å²) in [7, 11) is 3.40. The molecule has 0 saturated carbocycles.